The number of halogens is 1. The van der Waals surface area contributed by atoms with Crippen molar-refractivity contribution in [3.05, 3.63) is 83.6 Å². The van der Waals surface area contributed by atoms with Crippen LogP contribution in [-0.2, 0) is 6.61 Å². The van der Waals surface area contributed by atoms with Gasteiger partial charge < -0.3 is 9.15 Å². The largest absolute Gasteiger partial charge is 0.486 e. The predicted octanol–water partition coefficient (Wildman–Crippen LogP) is 4.77. The predicted molar refractivity (Wildman–Crippen MR) is 103 cm³/mol. The highest BCUT2D eigenvalue weighted by molar-refractivity contribution is 7.14. The maximum atomic E-state index is 12.9. The molecular weight excluding hydrogens is 381 g/mol. The number of aromatic nitrogens is 2. The Bertz CT molecular complexity index is 1080. The van der Waals surface area contributed by atoms with Crippen molar-refractivity contribution in [3.8, 4) is 17.0 Å². The summed E-state index contributed by atoms with van der Waals surface area (Å²) >= 11 is 1.32. The summed E-state index contributed by atoms with van der Waals surface area (Å²) in [5.41, 5.74) is 1.61. The molecule has 3 aromatic heterocycles. The van der Waals surface area contributed by atoms with Gasteiger partial charge >= 0.3 is 0 Å². The molecule has 28 heavy (non-hydrogen) atoms. The fraction of sp³-hybridized carbons (Fsp3) is 0.0500. The van der Waals surface area contributed by atoms with Crippen molar-refractivity contribution in [2.45, 2.75) is 6.61 Å². The maximum Gasteiger partial charge on any atom is 0.293 e. The van der Waals surface area contributed by atoms with Crippen molar-refractivity contribution in [2.24, 2.45) is 0 Å². The molecule has 0 atom stereocenters. The zero-order valence-corrected chi connectivity index (χ0v) is 15.3. The lowest BCUT2D eigenvalue weighted by Gasteiger charge is -2.03. The minimum Gasteiger partial charge on any atom is -0.486 e. The highest BCUT2D eigenvalue weighted by Gasteiger charge is 2.14. The van der Waals surface area contributed by atoms with Crippen molar-refractivity contribution in [3.63, 3.8) is 0 Å². The number of furan rings is 1. The van der Waals surface area contributed by atoms with Crippen molar-refractivity contribution in [2.75, 3.05) is 5.32 Å². The Morgan fingerprint density at radius 2 is 2.04 bits per heavy atom. The van der Waals surface area contributed by atoms with E-state index in [1.54, 1.807) is 24.5 Å². The van der Waals surface area contributed by atoms with Gasteiger partial charge in [-0.15, -0.1) is 11.3 Å². The van der Waals surface area contributed by atoms with Crippen molar-refractivity contribution >= 4 is 22.4 Å². The van der Waals surface area contributed by atoms with E-state index in [1.807, 2.05) is 17.5 Å². The van der Waals surface area contributed by atoms with Crippen LogP contribution in [0.15, 0.2) is 70.7 Å². The number of nitrogens with one attached hydrogen (secondary N) is 1. The molecule has 4 rings (SSSR count). The van der Waals surface area contributed by atoms with Crippen LogP contribution in [0.2, 0.25) is 0 Å². The number of nitrogens with zero attached hydrogens (tertiary/aromatic N) is 2. The van der Waals surface area contributed by atoms with Crippen molar-refractivity contribution in [1.82, 2.24) is 9.97 Å². The summed E-state index contributed by atoms with van der Waals surface area (Å²) in [5.74, 6) is 0.397. The van der Waals surface area contributed by atoms with Crippen LogP contribution < -0.4 is 10.1 Å². The summed E-state index contributed by atoms with van der Waals surface area (Å²) in [4.78, 5) is 20.8. The first-order chi connectivity index (χ1) is 13.7. The van der Waals surface area contributed by atoms with E-state index in [2.05, 4.69) is 15.3 Å². The second-order valence-electron chi connectivity index (χ2n) is 5.74. The van der Waals surface area contributed by atoms with Crippen molar-refractivity contribution < 1.29 is 18.3 Å². The van der Waals surface area contributed by atoms with Gasteiger partial charge in [0.25, 0.3) is 5.91 Å². The molecule has 0 aliphatic rings. The van der Waals surface area contributed by atoms with Crippen LogP contribution in [0.4, 0.5) is 9.52 Å². The molecule has 0 bridgehead atoms. The number of hydrogen-bond donors (Lipinski definition) is 1. The lowest BCUT2D eigenvalue weighted by molar-refractivity contribution is 0.0992. The molecule has 0 saturated carbocycles. The first-order valence-corrected chi connectivity index (χ1v) is 9.20. The summed E-state index contributed by atoms with van der Waals surface area (Å²) in [6.45, 7) is 0.126. The van der Waals surface area contributed by atoms with E-state index in [-0.39, 0.29) is 18.2 Å². The number of carbonyl (C=O) groups excluding carboxylic acids is 1. The Labute approximate surface area is 163 Å². The minimum absolute atomic E-state index is 0.126. The first kappa shape index (κ1) is 17.9. The zero-order valence-electron chi connectivity index (χ0n) is 14.5. The molecule has 4 aromatic rings. The quantitative estimate of drug-likeness (QED) is 0.509. The van der Waals surface area contributed by atoms with E-state index in [0.717, 1.165) is 11.3 Å². The number of amides is 1. The summed E-state index contributed by atoms with van der Waals surface area (Å²) in [6, 6.07) is 12.6. The number of benzene rings is 1. The third-order valence-corrected chi connectivity index (χ3v) is 4.52. The van der Waals surface area contributed by atoms with Gasteiger partial charge in [0.2, 0.25) is 0 Å². The zero-order chi connectivity index (χ0) is 19.3. The van der Waals surface area contributed by atoms with Crippen LogP contribution in [0.3, 0.4) is 0 Å². The number of ether oxygens (including phenoxy) is 1. The number of rotatable bonds is 6. The smallest absolute Gasteiger partial charge is 0.293 e. The fourth-order valence-corrected chi connectivity index (χ4v) is 3.11. The topological polar surface area (TPSA) is 77.2 Å². The third kappa shape index (κ3) is 4.24. The van der Waals surface area contributed by atoms with E-state index >= 15 is 0 Å². The van der Waals surface area contributed by atoms with E-state index < -0.39 is 5.91 Å². The van der Waals surface area contributed by atoms with Gasteiger partial charge in [0.1, 0.15) is 23.9 Å². The van der Waals surface area contributed by atoms with Gasteiger partial charge in [0, 0.05) is 23.3 Å². The van der Waals surface area contributed by atoms with Gasteiger partial charge in [-0.05, 0) is 48.5 Å². The highest BCUT2D eigenvalue weighted by atomic mass is 32.1. The summed E-state index contributed by atoms with van der Waals surface area (Å²) in [5, 5.41) is 5.02. The van der Waals surface area contributed by atoms with E-state index in [1.165, 1.54) is 35.6 Å². The van der Waals surface area contributed by atoms with Gasteiger partial charge in [0.15, 0.2) is 10.9 Å². The number of pyridine rings is 1. The molecule has 0 aliphatic heterocycles. The van der Waals surface area contributed by atoms with Crippen molar-refractivity contribution in [1.29, 1.82) is 0 Å². The van der Waals surface area contributed by atoms with Gasteiger partial charge in [-0.1, -0.05) is 0 Å². The SMILES string of the molecule is O=C(Nc1nc(-c2cccnc2)cs1)c1ccc(COc2ccc(F)cc2)o1. The molecule has 1 N–H and O–H groups in total. The molecule has 140 valence electrons. The molecule has 0 unspecified atom stereocenters. The first-order valence-electron chi connectivity index (χ1n) is 8.32. The third-order valence-electron chi connectivity index (χ3n) is 3.76. The fourth-order valence-electron chi connectivity index (χ4n) is 2.40. The summed E-state index contributed by atoms with van der Waals surface area (Å²) in [7, 11) is 0. The molecule has 0 saturated heterocycles. The molecule has 6 nitrogen and oxygen atoms in total. The lowest BCUT2D eigenvalue weighted by atomic mass is 10.2. The standard InChI is InChI=1S/C20H14FN3O3S/c21-14-3-5-15(6-4-14)26-11-16-7-8-18(27-16)19(25)24-20-23-17(12-28-20)13-2-1-9-22-10-13/h1-10,12H,11H2,(H,23,24,25). The Hall–Kier alpha value is -3.52. The number of thiazole rings is 1. The number of hydrogen-bond acceptors (Lipinski definition) is 6. The molecular formula is C20H14FN3O3S. The molecule has 3 heterocycles. The molecule has 1 amide bonds. The second kappa shape index (κ2) is 8.01. The molecule has 0 aliphatic carbocycles. The van der Waals surface area contributed by atoms with Gasteiger partial charge in [0.05, 0.1) is 5.69 Å². The number of carbonyl (C=O) groups is 1. The average molecular weight is 395 g/mol. The van der Waals surface area contributed by atoms with Gasteiger partial charge in [-0.2, -0.15) is 0 Å². The van der Waals surface area contributed by atoms with E-state index in [9.17, 15) is 9.18 Å². The molecule has 0 spiro atoms. The van der Waals surface area contributed by atoms with Gasteiger partial charge in [-0.25, -0.2) is 9.37 Å². The van der Waals surface area contributed by atoms with E-state index in [0.29, 0.717) is 16.6 Å². The summed E-state index contributed by atoms with van der Waals surface area (Å²) in [6.07, 6.45) is 3.40. The summed E-state index contributed by atoms with van der Waals surface area (Å²) < 4.78 is 23.9. The van der Waals surface area contributed by atoms with Crippen LogP contribution in [0.5, 0.6) is 5.75 Å². The maximum absolute atomic E-state index is 12.9. The molecule has 0 radical (unpaired) electrons. The molecule has 0 fully saturated rings. The Kier molecular flexibility index (Phi) is 5.11. The second-order valence-corrected chi connectivity index (χ2v) is 6.60. The van der Waals surface area contributed by atoms with Crippen LogP contribution in [-0.4, -0.2) is 15.9 Å². The molecule has 1 aromatic carbocycles. The highest BCUT2D eigenvalue weighted by Crippen LogP contribution is 2.24. The Balaban J connectivity index is 1.37. The Morgan fingerprint density at radius 1 is 1.18 bits per heavy atom. The number of anilines is 1. The van der Waals surface area contributed by atoms with Crippen LogP contribution in [0.25, 0.3) is 11.3 Å². The van der Waals surface area contributed by atoms with Crippen LogP contribution in [0.1, 0.15) is 16.3 Å². The molecule has 8 heteroatoms. The average Bonchev–Trinajstić information content (AvgIpc) is 3.38. The minimum atomic E-state index is -0.403. The van der Waals surface area contributed by atoms with Crippen LogP contribution >= 0.6 is 11.3 Å². The Morgan fingerprint density at radius 3 is 2.82 bits per heavy atom. The normalized spacial score (nSPS) is 10.6. The lowest BCUT2D eigenvalue weighted by Crippen LogP contribution is -2.10. The van der Waals surface area contributed by atoms with Crippen LogP contribution in [0, 0.1) is 5.82 Å². The van der Waals surface area contributed by atoms with E-state index in [4.69, 9.17) is 9.15 Å². The van der Waals surface area contributed by atoms with Gasteiger partial charge in [-0.3, -0.25) is 15.1 Å². The monoisotopic (exact) mass is 395 g/mol.